The molecule has 2 aromatic rings. The van der Waals surface area contributed by atoms with E-state index in [4.69, 9.17) is 0 Å². The number of carbonyl (C=O) groups excluding carboxylic acids is 1. The molecule has 1 aliphatic heterocycles. The molecule has 7 heteroatoms. The number of carbonyl (C=O) groups is 2. The number of hydrogen-bond donors (Lipinski definition) is 1. The Bertz CT molecular complexity index is 875. The summed E-state index contributed by atoms with van der Waals surface area (Å²) in [6.07, 6.45) is 1.43. The highest BCUT2D eigenvalue weighted by molar-refractivity contribution is 5.81. The number of piperidine rings is 1. The number of amides is 1. The van der Waals surface area contributed by atoms with Gasteiger partial charge in [-0.25, -0.2) is 9.07 Å². The molecule has 3 rings (SSSR count). The van der Waals surface area contributed by atoms with Crippen molar-refractivity contribution < 1.29 is 19.1 Å². The van der Waals surface area contributed by atoms with E-state index in [1.165, 1.54) is 12.1 Å². The van der Waals surface area contributed by atoms with Gasteiger partial charge in [0.1, 0.15) is 5.82 Å². The largest absolute Gasteiger partial charge is 0.481 e. The van der Waals surface area contributed by atoms with E-state index in [1.54, 1.807) is 28.6 Å². The van der Waals surface area contributed by atoms with Gasteiger partial charge in [-0.2, -0.15) is 5.10 Å². The summed E-state index contributed by atoms with van der Waals surface area (Å²) >= 11 is 0. The number of aromatic nitrogens is 2. The van der Waals surface area contributed by atoms with E-state index in [1.807, 2.05) is 13.8 Å². The lowest BCUT2D eigenvalue weighted by Gasteiger charge is -2.37. The van der Waals surface area contributed by atoms with Crippen LogP contribution in [0.15, 0.2) is 24.3 Å². The molecule has 0 bridgehead atoms. The van der Waals surface area contributed by atoms with Crippen LogP contribution < -0.4 is 0 Å². The molecule has 1 fully saturated rings. The Hall–Kier alpha value is -2.70. The zero-order valence-corrected chi connectivity index (χ0v) is 15.8. The summed E-state index contributed by atoms with van der Waals surface area (Å²) in [4.78, 5) is 26.0. The van der Waals surface area contributed by atoms with Crippen molar-refractivity contribution in [1.82, 2.24) is 14.7 Å². The number of carboxylic acid groups (broad SMARTS) is 1. The number of nitrogens with zero attached hydrogens (tertiary/aromatic N) is 3. The summed E-state index contributed by atoms with van der Waals surface area (Å²) in [5.74, 6) is -1.27. The van der Waals surface area contributed by atoms with Gasteiger partial charge in [-0.15, -0.1) is 0 Å². The maximum absolute atomic E-state index is 13.2. The average Bonchev–Trinajstić information content (AvgIpc) is 2.90. The monoisotopic (exact) mass is 373 g/mol. The quantitative estimate of drug-likeness (QED) is 0.894. The van der Waals surface area contributed by atoms with Crippen LogP contribution in [0.5, 0.6) is 0 Å². The van der Waals surface area contributed by atoms with Crippen LogP contribution in [0.1, 0.15) is 36.7 Å². The number of aliphatic carboxylic acids is 1. The maximum Gasteiger partial charge on any atom is 0.311 e. The standard InChI is InChI=1S/C20H24FN3O3/c1-13-17(14(2)24(22-13)16-7-5-15(21)6-8-16)11-18(25)23-10-4-9-20(3,12-23)19(26)27/h5-8H,4,9-12H2,1-3H3,(H,26,27). The number of aryl methyl sites for hydroxylation is 1. The molecule has 1 amide bonds. The molecule has 0 aliphatic carbocycles. The Balaban J connectivity index is 1.80. The smallest absolute Gasteiger partial charge is 0.311 e. The van der Waals surface area contributed by atoms with Gasteiger partial charge in [-0.05, 0) is 57.9 Å². The van der Waals surface area contributed by atoms with Crippen molar-refractivity contribution in [3.05, 3.63) is 47.0 Å². The normalized spacial score (nSPS) is 19.9. The lowest BCUT2D eigenvalue weighted by molar-refractivity contribution is -0.153. The van der Waals surface area contributed by atoms with Gasteiger partial charge < -0.3 is 10.0 Å². The maximum atomic E-state index is 13.2. The highest BCUT2D eigenvalue weighted by atomic mass is 19.1. The van der Waals surface area contributed by atoms with Gasteiger partial charge in [0.05, 0.1) is 23.2 Å². The lowest BCUT2D eigenvalue weighted by Crippen LogP contribution is -2.48. The Kier molecular flexibility index (Phi) is 5.04. The van der Waals surface area contributed by atoms with Gasteiger partial charge in [0.2, 0.25) is 5.91 Å². The second kappa shape index (κ2) is 7.13. The lowest BCUT2D eigenvalue weighted by atomic mass is 9.82. The van der Waals surface area contributed by atoms with Gasteiger partial charge in [0.25, 0.3) is 0 Å². The molecule has 0 spiro atoms. The van der Waals surface area contributed by atoms with E-state index in [9.17, 15) is 19.1 Å². The first-order valence-corrected chi connectivity index (χ1v) is 9.03. The summed E-state index contributed by atoms with van der Waals surface area (Å²) in [5.41, 5.74) is 2.23. The predicted octanol–water partition coefficient (Wildman–Crippen LogP) is 2.88. The third kappa shape index (κ3) is 3.72. The molecule has 2 heterocycles. The molecular weight excluding hydrogens is 349 g/mol. The first-order valence-electron chi connectivity index (χ1n) is 9.03. The Morgan fingerprint density at radius 3 is 2.56 bits per heavy atom. The molecule has 0 saturated carbocycles. The van der Waals surface area contributed by atoms with Crippen LogP contribution in [0.2, 0.25) is 0 Å². The Morgan fingerprint density at radius 1 is 1.26 bits per heavy atom. The van der Waals surface area contributed by atoms with Crippen LogP contribution in [0.3, 0.4) is 0 Å². The number of halogens is 1. The fourth-order valence-corrected chi connectivity index (χ4v) is 3.65. The molecule has 27 heavy (non-hydrogen) atoms. The van der Waals surface area contributed by atoms with E-state index < -0.39 is 11.4 Å². The first kappa shape index (κ1) is 19.1. The van der Waals surface area contributed by atoms with Gasteiger partial charge in [-0.3, -0.25) is 9.59 Å². The van der Waals surface area contributed by atoms with E-state index in [0.717, 1.165) is 22.6 Å². The van der Waals surface area contributed by atoms with Crippen molar-refractivity contribution >= 4 is 11.9 Å². The molecule has 1 aromatic heterocycles. The van der Waals surface area contributed by atoms with Crippen molar-refractivity contribution in [2.75, 3.05) is 13.1 Å². The van der Waals surface area contributed by atoms with Crippen LogP contribution >= 0.6 is 0 Å². The minimum atomic E-state index is -0.893. The van der Waals surface area contributed by atoms with Crippen molar-refractivity contribution in [2.45, 2.75) is 40.0 Å². The zero-order chi connectivity index (χ0) is 19.8. The van der Waals surface area contributed by atoms with Crippen LogP contribution in [0.4, 0.5) is 4.39 Å². The van der Waals surface area contributed by atoms with Crippen LogP contribution in [0, 0.1) is 25.1 Å². The Labute approximate surface area is 157 Å². The summed E-state index contributed by atoms with van der Waals surface area (Å²) in [7, 11) is 0. The minimum Gasteiger partial charge on any atom is -0.481 e. The highest BCUT2D eigenvalue weighted by Crippen LogP contribution is 2.30. The van der Waals surface area contributed by atoms with E-state index in [2.05, 4.69) is 5.10 Å². The summed E-state index contributed by atoms with van der Waals surface area (Å²) in [5, 5.41) is 13.9. The topological polar surface area (TPSA) is 75.4 Å². The van der Waals surface area contributed by atoms with E-state index in [0.29, 0.717) is 19.4 Å². The SMILES string of the molecule is Cc1nn(-c2ccc(F)cc2)c(C)c1CC(=O)N1CCCC(C)(C(=O)O)C1. The molecule has 1 N–H and O–H groups in total. The number of likely N-dealkylation sites (tertiary alicyclic amines) is 1. The third-order valence-corrected chi connectivity index (χ3v) is 5.41. The van der Waals surface area contributed by atoms with E-state index in [-0.39, 0.29) is 24.7 Å². The zero-order valence-electron chi connectivity index (χ0n) is 15.8. The van der Waals surface area contributed by atoms with Crippen LogP contribution in [-0.2, 0) is 16.0 Å². The molecule has 1 unspecified atom stereocenters. The number of rotatable bonds is 4. The first-order chi connectivity index (χ1) is 12.7. The van der Waals surface area contributed by atoms with Crippen molar-refractivity contribution in [1.29, 1.82) is 0 Å². The molecule has 144 valence electrons. The molecule has 1 atom stereocenters. The molecule has 0 radical (unpaired) electrons. The van der Waals surface area contributed by atoms with Gasteiger partial charge in [-0.1, -0.05) is 0 Å². The number of carboxylic acids is 1. The molecule has 1 aliphatic rings. The second-order valence-electron chi connectivity index (χ2n) is 7.50. The summed E-state index contributed by atoms with van der Waals surface area (Å²) in [6.45, 7) is 6.21. The van der Waals surface area contributed by atoms with Crippen molar-refractivity contribution in [3.8, 4) is 5.69 Å². The van der Waals surface area contributed by atoms with E-state index >= 15 is 0 Å². The highest BCUT2D eigenvalue weighted by Gasteiger charge is 2.39. The molecular formula is C20H24FN3O3. The molecule has 1 saturated heterocycles. The fraction of sp³-hybridized carbons (Fsp3) is 0.450. The predicted molar refractivity (Wildman–Crippen MR) is 98.3 cm³/mol. The summed E-state index contributed by atoms with van der Waals surface area (Å²) < 4.78 is 14.9. The minimum absolute atomic E-state index is 0.0907. The average molecular weight is 373 g/mol. The Morgan fingerprint density at radius 2 is 1.93 bits per heavy atom. The summed E-state index contributed by atoms with van der Waals surface area (Å²) in [6, 6.07) is 6.03. The van der Waals surface area contributed by atoms with Crippen molar-refractivity contribution in [2.24, 2.45) is 5.41 Å². The number of hydrogen-bond acceptors (Lipinski definition) is 3. The molecule has 1 aromatic carbocycles. The van der Waals surface area contributed by atoms with Gasteiger partial charge in [0.15, 0.2) is 0 Å². The van der Waals surface area contributed by atoms with Crippen molar-refractivity contribution in [3.63, 3.8) is 0 Å². The molecule has 6 nitrogen and oxygen atoms in total. The fourth-order valence-electron chi connectivity index (χ4n) is 3.65. The number of benzene rings is 1. The second-order valence-corrected chi connectivity index (χ2v) is 7.50. The van der Waals surface area contributed by atoms with Crippen LogP contribution in [-0.4, -0.2) is 44.8 Å². The van der Waals surface area contributed by atoms with Gasteiger partial charge in [0, 0.05) is 24.3 Å². The van der Waals surface area contributed by atoms with Gasteiger partial charge >= 0.3 is 5.97 Å². The third-order valence-electron chi connectivity index (χ3n) is 5.41. The van der Waals surface area contributed by atoms with Crippen LogP contribution in [0.25, 0.3) is 5.69 Å².